The first-order chi connectivity index (χ1) is 20.1. The van der Waals surface area contributed by atoms with Gasteiger partial charge in [-0.1, -0.05) is 24.3 Å². The van der Waals surface area contributed by atoms with E-state index in [0.29, 0.717) is 41.0 Å². The van der Waals surface area contributed by atoms with Crippen molar-refractivity contribution in [1.82, 2.24) is 25.3 Å². The highest BCUT2D eigenvalue weighted by atomic mass is 19.1. The molecule has 10 heteroatoms. The summed E-state index contributed by atoms with van der Waals surface area (Å²) < 4.78 is 27.9. The number of halogens is 1. The molecule has 0 amide bonds. The largest absolute Gasteiger partial charge is 0.508 e. The molecule has 2 atom stereocenters. The summed E-state index contributed by atoms with van der Waals surface area (Å²) in [7, 11) is 1.60. The highest BCUT2D eigenvalue weighted by Crippen LogP contribution is 2.37. The lowest BCUT2D eigenvalue weighted by Gasteiger charge is -2.34. The van der Waals surface area contributed by atoms with Crippen molar-refractivity contribution >= 4 is 27.5 Å². The van der Waals surface area contributed by atoms with Gasteiger partial charge in [0.15, 0.2) is 5.82 Å². The molecule has 0 aliphatic carbocycles. The minimum atomic E-state index is -0.587. The molecule has 2 N–H and O–H groups in total. The number of piperazine rings is 1. The first-order valence-electron chi connectivity index (χ1n) is 13.8. The lowest BCUT2D eigenvalue weighted by atomic mass is 10.0. The summed E-state index contributed by atoms with van der Waals surface area (Å²) in [6, 6.07) is 15.2. The Morgan fingerprint density at radius 1 is 1.02 bits per heavy atom. The van der Waals surface area contributed by atoms with Crippen molar-refractivity contribution < 1.29 is 19.0 Å². The van der Waals surface area contributed by atoms with Gasteiger partial charge >= 0.3 is 6.01 Å². The molecule has 2 fully saturated rings. The normalized spacial score (nSPS) is 18.2. The molecule has 0 radical (unpaired) electrons. The van der Waals surface area contributed by atoms with Crippen LogP contribution in [0.4, 0.5) is 10.2 Å². The molecule has 0 unspecified atom stereocenters. The van der Waals surface area contributed by atoms with Crippen molar-refractivity contribution in [2.24, 2.45) is 0 Å². The summed E-state index contributed by atoms with van der Waals surface area (Å²) in [6.45, 7) is 1.75. The summed E-state index contributed by atoms with van der Waals surface area (Å²) in [5.74, 6) is 0.732. The molecule has 7 rings (SSSR count). The SMILES string of the molecule is COc1cccnc1CCOc1nc(N2C[C@H]3CC[C@@H](C2)N3)c2cnc(-c3cc(O)cc4ccccc34)c(F)c2n1. The van der Waals surface area contributed by atoms with Gasteiger partial charge in [0.05, 0.1) is 24.8 Å². The smallest absolute Gasteiger partial charge is 0.319 e. The zero-order chi connectivity index (χ0) is 27.9. The van der Waals surface area contributed by atoms with Gasteiger partial charge in [0.25, 0.3) is 0 Å². The van der Waals surface area contributed by atoms with Gasteiger partial charge < -0.3 is 24.8 Å². The predicted octanol–water partition coefficient (Wildman–Crippen LogP) is 4.66. The Morgan fingerprint density at radius 3 is 2.68 bits per heavy atom. The Balaban J connectivity index is 1.31. The van der Waals surface area contributed by atoms with E-state index in [-0.39, 0.29) is 29.6 Å². The van der Waals surface area contributed by atoms with E-state index in [4.69, 9.17) is 14.5 Å². The molecular formula is C31H29FN6O3. The fraction of sp³-hybridized carbons (Fsp3) is 0.290. The van der Waals surface area contributed by atoms with Crippen molar-refractivity contribution in [1.29, 1.82) is 0 Å². The minimum absolute atomic E-state index is 0.0358. The summed E-state index contributed by atoms with van der Waals surface area (Å²) >= 11 is 0. The van der Waals surface area contributed by atoms with Crippen LogP contribution >= 0.6 is 0 Å². The van der Waals surface area contributed by atoms with E-state index >= 15 is 4.39 Å². The molecule has 5 aromatic rings. The van der Waals surface area contributed by atoms with Crippen molar-refractivity contribution in [3.8, 4) is 28.8 Å². The number of aromatic nitrogens is 4. The van der Waals surface area contributed by atoms with E-state index in [0.717, 1.165) is 42.4 Å². The summed E-state index contributed by atoms with van der Waals surface area (Å²) in [5.41, 5.74) is 1.48. The third kappa shape index (κ3) is 4.74. The van der Waals surface area contributed by atoms with Crippen LogP contribution in [0.15, 0.2) is 60.9 Å². The number of phenolic OH excluding ortho intramolecular Hbond substituents is 1. The quantitative estimate of drug-likeness (QED) is 0.298. The van der Waals surface area contributed by atoms with Crippen LogP contribution in [-0.4, -0.2) is 63.9 Å². The highest BCUT2D eigenvalue weighted by molar-refractivity contribution is 5.99. The van der Waals surface area contributed by atoms with E-state index in [2.05, 4.69) is 25.2 Å². The molecule has 9 nitrogen and oxygen atoms in total. The number of anilines is 1. The van der Waals surface area contributed by atoms with Gasteiger partial charge in [-0.3, -0.25) is 9.97 Å². The number of nitrogens with one attached hydrogen (secondary N) is 1. The number of ether oxygens (including phenoxy) is 2. The fourth-order valence-corrected chi connectivity index (χ4v) is 6.01. The second-order valence-electron chi connectivity index (χ2n) is 10.5. The van der Waals surface area contributed by atoms with Gasteiger partial charge in [0.2, 0.25) is 0 Å². The minimum Gasteiger partial charge on any atom is -0.508 e. The monoisotopic (exact) mass is 552 g/mol. The molecule has 2 bridgehead atoms. The molecule has 2 aromatic carbocycles. The number of nitrogens with zero attached hydrogens (tertiary/aromatic N) is 5. The van der Waals surface area contributed by atoms with E-state index in [9.17, 15) is 5.11 Å². The molecule has 2 saturated heterocycles. The molecule has 208 valence electrons. The Bertz CT molecular complexity index is 1750. The van der Waals surface area contributed by atoms with Crippen molar-refractivity contribution in [3.05, 3.63) is 72.4 Å². The van der Waals surface area contributed by atoms with Crippen LogP contribution in [0.1, 0.15) is 18.5 Å². The van der Waals surface area contributed by atoms with E-state index in [1.807, 2.05) is 36.4 Å². The molecule has 41 heavy (non-hydrogen) atoms. The predicted molar refractivity (Wildman–Crippen MR) is 154 cm³/mol. The number of fused-ring (bicyclic) bond motifs is 4. The summed E-state index contributed by atoms with van der Waals surface area (Å²) in [4.78, 5) is 20.4. The molecular weight excluding hydrogens is 523 g/mol. The Labute approximate surface area is 236 Å². The van der Waals surface area contributed by atoms with E-state index in [1.54, 1.807) is 25.6 Å². The highest BCUT2D eigenvalue weighted by Gasteiger charge is 2.34. The number of aromatic hydroxyl groups is 1. The Morgan fingerprint density at radius 2 is 1.85 bits per heavy atom. The molecule has 0 spiro atoms. The third-order valence-electron chi connectivity index (χ3n) is 7.90. The van der Waals surface area contributed by atoms with Crippen LogP contribution in [0.2, 0.25) is 0 Å². The second kappa shape index (κ2) is 10.4. The molecule has 2 aliphatic heterocycles. The number of hydrogen-bond donors (Lipinski definition) is 2. The van der Waals surface area contributed by atoms with E-state index in [1.165, 1.54) is 6.07 Å². The molecule has 3 aromatic heterocycles. The van der Waals surface area contributed by atoms with Gasteiger partial charge in [0, 0.05) is 49.6 Å². The van der Waals surface area contributed by atoms with Crippen LogP contribution in [0.5, 0.6) is 17.5 Å². The maximum absolute atomic E-state index is 16.4. The number of pyridine rings is 2. The maximum Gasteiger partial charge on any atom is 0.319 e. The van der Waals surface area contributed by atoms with Gasteiger partial charge in [-0.2, -0.15) is 9.97 Å². The maximum atomic E-state index is 16.4. The van der Waals surface area contributed by atoms with Crippen molar-refractivity contribution in [2.45, 2.75) is 31.3 Å². The van der Waals surface area contributed by atoms with Crippen molar-refractivity contribution in [2.75, 3.05) is 31.7 Å². The lowest BCUT2D eigenvalue weighted by molar-refractivity contribution is 0.293. The lowest BCUT2D eigenvalue weighted by Crippen LogP contribution is -2.51. The standard InChI is InChI=1S/C31H29FN6O3/c1-40-26-7-4-11-33-25(26)10-12-41-31-36-29-24(30(37-31)38-16-19-8-9-20(17-38)35-19)15-34-28(27(29)32)23-14-21(39)13-18-5-2-3-6-22(18)23/h2-7,11,13-15,19-20,35,39H,8-10,12,16-17H2,1H3/t19-,20+. The van der Waals surface area contributed by atoms with Crippen LogP contribution in [0.25, 0.3) is 32.9 Å². The molecule has 2 aliphatic rings. The van der Waals surface area contributed by atoms with Crippen LogP contribution < -0.4 is 19.7 Å². The second-order valence-corrected chi connectivity index (χ2v) is 10.5. The first kappa shape index (κ1) is 25.4. The summed E-state index contributed by atoms with van der Waals surface area (Å²) in [6.07, 6.45) is 6.00. The number of rotatable bonds is 7. The Hall–Kier alpha value is -4.57. The van der Waals surface area contributed by atoms with Gasteiger partial charge in [-0.15, -0.1) is 0 Å². The third-order valence-corrected chi connectivity index (χ3v) is 7.90. The van der Waals surface area contributed by atoms with Crippen LogP contribution in [0.3, 0.4) is 0 Å². The van der Waals surface area contributed by atoms with Crippen LogP contribution in [-0.2, 0) is 6.42 Å². The average Bonchev–Trinajstić information content (AvgIpc) is 3.34. The van der Waals surface area contributed by atoms with E-state index < -0.39 is 5.82 Å². The topological polar surface area (TPSA) is 106 Å². The number of methoxy groups -OCH3 is 1. The number of hydrogen-bond acceptors (Lipinski definition) is 9. The van der Waals surface area contributed by atoms with Crippen LogP contribution in [0, 0.1) is 5.82 Å². The zero-order valence-corrected chi connectivity index (χ0v) is 22.5. The fourth-order valence-electron chi connectivity index (χ4n) is 6.01. The first-order valence-corrected chi connectivity index (χ1v) is 13.8. The molecule has 5 heterocycles. The molecule has 0 saturated carbocycles. The van der Waals surface area contributed by atoms with Gasteiger partial charge in [-0.05, 0) is 47.9 Å². The number of benzene rings is 2. The number of phenols is 1. The average molecular weight is 553 g/mol. The van der Waals surface area contributed by atoms with Gasteiger partial charge in [-0.25, -0.2) is 4.39 Å². The van der Waals surface area contributed by atoms with Gasteiger partial charge in [0.1, 0.15) is 28.5 Å². The Kier molecular flexibility index (Phi) is 6.47. The summed E-state index contributed by atoms with van der Waals surface area (Å²) in [5, 5.41) is 16.1. The van der Waals surface area contributed by atoms with Crippen molar-refractivity contribution in [3.63, 3.8) is 0 Å². The zero-order valence-electron chi connectivity index (χ0n) is 22.5.